The molecule has 0 spiro atoms. The quantitative estimate of drug-likeness (QED) is 0.868. The maximum absolute atomic E-state index is 12.9. The van der Waals surface area contributed by atoms with Crippen LogP contribution in [-0.2, 0) is 11.3 Å². The molecule has 0 aliphatic carbocycles. The Labute approximate surface area is 148 Å². The van der Waals surface area contributed by atoms with Crippen molar-refractivity contribution in [3.63, 3.8) is 0 Å². The molecule has 3 rings (SSSR count). The van der Waals surface area contributed by atoms with E-state index in [1.165, 1.54) is 0 Å². The molecule has 134 valence electrons. The van der Waals surface area contributed by atoms with Gasteiger partial charge in [-0.25, -0.2) is 9.97 Å². The minimum Gasteiger partial charge on any atom is -0.383 e. The van der Waals surface area contributed by atoms with E-state index in [1.54, 1.807) is 32.5 Å². The predicted molar refractivity (Wildman–Crippen MR) is 95.8 cm³/mol. The van der Waals surface area contributed by atoms with Crippen LogP contribution in [0, 0.1) is 0 Å². The number of amides is 1. The van der Waals surface area contributed by atoms with Gasteiger partial charge in [0.05, 0.1) is 6.61 Å². The highest BCUT2D eigenvalue weighted by atomic mass is 16.5. The standard InChI is InChI=1S/C18H25N5O2/c1-19-16-12-14(5-6-20-16)18(24)23-8-3-4-15(13-23)17-21-7-9-22(17)10-11-25-2/h5-7,9,12,15H,3-4,8,10-11,13H2,1-2H3,(H,19,20)/t15-/m1/s1. The molecule has 0 aromatic carbocycles. The molecule has 7 heteroatoms. The zero-order valence-electron chi connectivity index (χ0n) is 14.8. The molecule has 0 radical (unpaired) electrons. The summed E-state index contributed by atoms with van der Waals surface area (Å²) in [6, 6.07) is 3.57. The van der Waals surface area contributed by atoms with Crippen molar-refractivity contribution >= 4 is 11.7 Å². The highest BCUT2D eigenvalue weighted by Gasteiger charge is 2.28. The zero-order chi connectivity index (χ0) is 17.6. The molecule has 1 fully saturated rings. The Morgan fingerprint density at radius 3 is 3.08 bits per heavy atom. The van der Waals surface area contributed by atoms with Crippen molar-refractivity contribution in [3.05, 3.63) is 42.1 Å². The number of pyridine rings is 1. The van der Waals surface area contributed by atoms with Crippen molar-refractivity contribution in [2.24, 2.45) is 0 Å². The van der Waals surface area contributed by atoms with E-state index in [0.29, 0.717) is 24.5 Å². The van der Waals surface area contributed by atoms with E-state index in [2.05, 4.69) is 19.9 Å². The van der Waals surface area contributed by atoms with Crippen LogP contribution in [-0.4, -0.2) is 59.2 Å². The molecule has 1 N–H and O–H groups in total. The fourth-order valence-corrected chi connectivity index (χ4v) is 3.31. The van der Waals surface area contributed by atoms with Gasteiger partial charge in [0.25, 0.3) is 5.91 Å². The van der Waals surface area contributed by atoms with Gasteiger partial charge in [-0.2, -0.15) is 0 Å². The molecule has 1 aliphatic heterocycles. The number of nitrogens with one attached hydrogen (secondary N) is 1. The Bertz CT molecular complexity index is 715. The van der Waals surface area contributed by atoms with Crippen molar-refractivity contribution in [3.8, 4) is 0 Å². The van der Waals surface area contributed by atoms with Crippen molar-refractivity contribution in [1.29, 1.82) is 0 Å². The number of methoxy groups -OCH3 is 1. The number of carbonyl (C=O) groups is 1. The molecule has 7 nitrogen and oxygen atoms in total. The van der Waals surface area contributed by atoms with E-state index in [4.69, 9.17) is 4.74 Å². The number of imidazole rings is 1. The Hall–Kier alpha value is -2.41. The van der Waals surface area contributed by atoms with Crippen LogP contribution in [0.5, 0.6) is 0 Å². The van der Waals surface area contributed by atoms with Gasteiger partial charge < -0.3 is 19.5 Å². The van der Waals surface area contributed by atoms with E-state index in [9.17, 15) is 4.79 Å². The van der Waals surface area contributed by atoms with E-state index in [1.807, 2.05) is 17.3 Å². The molecule has 25 heavy (non-hydrogen) atoms. The predicted octanol–water partition coefficient (Wildman–Crippen LogP) is 1.99. The first-order valence-electron chi connectivity index (χ1n) is 8.66. The SMILES string of the molecule is CNc1cc(C(=O)N2CCC[C@@H](c3nccn3CCOC)C2)ccn1. The van der Waals surface area contributed by atoms with Crippen LogP contribution in [0.4, 0.5) is 5.82 Å². The average Bonchev–Trinajstić information content (AvgIpc) is 3.14. The maximum Gasteiger partial charge on any atom is 0.254 e. The van der Waals surface area contributed by atoms with Gasteiger partial charge in [0.15, 0.2) is 0 Å². The number of piperidine rings is 1. The summed E-state index contributed by atoms with van der Waals surface area (Å²) in [5.41, 5.74) is 0.669. The lowest BCUT2D eigenvalue weighted by atomic mass is 9.96. The van der Waals surface area contributed by atoms with Gasteiger partial charge in [0, 0.05) is 63.9 Å². The summed E-state index contributed by atoms with van der Waals surface area (Å²) in [6.07, 6.45) is 7.51. The van der Waals surface area contributed by atoms with Gasteiger partial charge in [-0.15, -0.1) is 0 Å². The minimum absolute atomic E-state index is 0.0543. The van der Waals surface area contributed by atoms with E-state index in [-0.39, 0.29) is 11.8 Å². The van der Waals surface area contributed by atoms with Gasteiger partial charge in [-0.05, 0) is 25.0 Å². The Balaban J connectivity index is 1.72. The fraction of sp³-hybridized carbons (Fsp3) is 0.500. The van der Waals surface area contributed by atoms with Gasteiger partial charge in [0.1, 0.15) is 11.6 Å². The molecule has 1 atom stereocenters. The number of carbonyl (C=O) groups excluding carboxylic acids is 1. The summed E-state index contributed by atoms with van der Waals surface area (Å²) in [7, 11) is 3.50. The lowest BCUT2D eigenvalue weighted by Gasteiger charge is -2.32. The largest absolute Gasteiger partial charge is 0.383 e. The Morgan fingerprint density at radius 2 is 2.28 bits per heavy atom. The molecular weight excluding hydrogens is 318 g/mol. The Kier molecular flexibility index (Phi) is 5.65. The fourth-order valence-electron chi connectivity index (χ4n) is 3.31. The van der Waals surface area contributed by atoms with Gasteiger partial charge in [-0.1, -0.05) is 0 Å². The molecule has 0 bridgehead atoms. The van der Waals surface area contributed by atoms with Crippen LogP contribution in [0.2, 0.25) is 0 Å². The summed E-state index contributed by atoms with van der Waals surface area (Å²) in [5.74, 6) is 2.06. The third kappa shape index (κ3) is 3.99. The molecule has 2 aromatic rings. The normalized spacial score (nSPS) is 17.5. The second-order valence-corrected chi connectivity index (χ2v) is 6.24. The van der Waals surface area contributed by atoms with Gasteiger partial charge in [0.2, 0.25) is 0 Å². The van der Waals surface area contributed by atoms with Crippen LogP contribution in [0.3, 0.4) is 0 Å². The summed E-state index contributed by atoms with van der Waals surface area (Å²) in [5, 5.41) is 2.98. The number of hydrogen-bond donors (Lipinski definition) is 1. The van der Waals surface area contributed by atoms with Crippen molar-refractivity contribution in [1.82, 2.24) is 19.4 Å². The molecular formula is C18H25N5O2. The third-order valence-electron chi connectivity index (χ3n) is 4.62. The molecule has 1 saturated heterocycles. The summed E-state index contributed by atoms with van der Waals surface area (Å²) in [4.78, 5) is 23.5. The van der Waals surface area contributed by atoms with E-state index in [0.717, 1.165) is 31.8 Å². The van der Waals surface area contributed by atoms with Crippen LogP contribution >= 0.6 is 0 Å². The second-order valence-electron chi connectivity index (χ2n) is 6.24. The van der Waals surface area contributed by atoms with Crippen molar-refractivity contribution in [2.45, 2.75) is 25.3 Å². The molecule has 3 heterocycles. The number of nitrogens with zero attached hydrogens (tertiary/aromatic N) is 4. The summed E-state index contributed by atoms with van der Waals surface area (Å²) < 4.78 is 7.30. The van der Waals surface area contributed by atoms with E-state index >= 15 is 0 Å². The highest BCUT2D eigenvalue weighted by Crippen LogP contribution is 2.27. The van der Waals surface area contributed by atoms with Crippen molar-refractivity contribution < 1.29 is 9.53 Å². The van der Waals surface area contributed by atoms with Crippen LogP contribution in [0.25, 0.3) is 0 Å². The van der Waals surface area contributed by atoms with Crippen molar-refractivity contribution in [2.75, 3.05) is 39.2 Å². The summed E-state index contributed by atoms with van der Waals surface area (Å²) in [6.45, 7) is 2.92. The molecule has 1 amide bonds. The monoisotopic (exact) mass is 343 g/mol. The molecule has 0 unspecified atom stereocenters. The third-order valence-corrected chi connectivity index (χ3v) is 4.62. The summed E-state index contributed by atoms with van der Waals surface area (Å²) >= 11 is 0. The highest BCUT2D eigenvalue weighted by molar-refractivity contribution is 5.94. The zero-order valence-corrected chi connectivity index (χ0v) is 14.8. The van der Waals surface area contributed by atoms with E-state index < -0.39 is 0 Å². The van der Waals surface area contributed by atoms with Crippen LogP contribution < -0.4 is 5.32 Å². The lowest BCUT2D eigenvalue weighted by Crippen LogP contribution is -2.39. The minimum atomic E-state index is 0.0543. The number of rotatable bonds is 6. The average molecular weight is 343 g/mol. The first-order chi connectivity index (χ1) is 12.2. The number of ether oxygens (including phenoxy) is 1. The van der Waals surface area contributed by atoms with Crippen LogP contribution in [0.15, 0.2) is 30.7 Å². The Morgan fingerprint density at radius 1 is 1.40 bits per heavy atom. The smallest absolute Gasteiger partial charge is 0.254 e. The first-order valence-corrected chi connectivity index (χ1v) is 8.66. The molecule has 0 saturated carbocycles. The maximum atomic E-state index is 12.9. The number of aromatic nitrogens is 3. The first kappa shape index (κ1) is 17.4. The number of likely N-dealkylation sites (tertiary alicyclic amines) is 1. The van der Waals surface area contributed by atoms with Gasteiger partial charge >= 0.3 is 0 Å². The molecule has 1 aliphatic rings. The number of hydrogen-bond acceptors (Lipinski definition) is 5. The number of anilines is 1. The lowest BCUT2D eigenvalue weighted by molar-refractivity contribution is 0.0702. The topological polar surface area (TPSA) is 72.3 Å². The molecule has 2 aromatic heterocycles. The van der Waals surface area contributed by atoms with Crippen LogP contribution in [0.1, 0.15) is 34.9 Å². The van der Waals surface area contributed by atoms with Gasteiger partial charge in [-0.3, -0.25) is 4.79 Å². The second kappa shape index (κ2) is 8.11.